The van der Waals surface area contributed by atoms with Gasteiger partial charge >= 0.3 is 0 Å². The molecule has 0 unspecified atom stereocenters. The number of H-pyrrole nitrogens is 1. The Morgan fingerprint density at radius 1 is 1.19 bits per heavy atom. The van der Waals surface area contributed by atoms with E-state index in [0.717, 1.165) is 17.8 Å². The van der Waals surface area contributed by atoms with Crippen molar-refractivity contribution >= 4 is 5.69 Å². The summed E-state index contributed by atoms with van der Waals surface area (Å²) in [6, 6.07) is 3.51. The van der Waals surface area contributed by atoms with Crippen molar-refractivity contribution in [2.45, 2.75) is 6.54 Å². The van der Waals surface area contributed by atoms with Crippen molar-refractivity contribution in [1.29, 1.82) is 0 Å². The molecule has 0 saturated heterocycles. The molecule has 1 heterocycles. The van der Waals surface area contributed by atoms with Crippen molar-refractivity contribution in [1.82, 2.24) is 10.2 Å². The van der Waals surface area contributed by atoms with Crippen LogP contribution >= 0.6 is 0 Å². The first-order valence-corrected chi connectivity index (χ1v) is 4.53. The van der Waals surface area contributed by atoms with Crippen LogP contribution in [0.15, 0.2) is 24.4 Å². The molecule has 0 fully saturated rings. The molecule has 3 nitrogen and oxygen atoms in total. The molecule has 0 aliphatic rings. The van der Waals surface area contributed by atoms with Gasteiger partial charge in [-0.2, -0.15) is 5.10 Å². The van der Waals surface area contributed by atoms with Crippen LogP contribution in [0.4, 0.5) is 18.9 Å². The van der Waals surface area contributed by atoms with E-state index < -0.39 is 17.5 Å². The topological polar surface area (TPSA) is 40.7 Å². The number of anilines is 1. The maximum atomic E-state index is 12.8. The third kappa shape index (κ3) is 2.16. The van der Waals surface area contributed by atoms with Crippen LogP contribution in [0.3, 0.4) is 0 Å². The molecule has 0 amide bonds. The maximum absolute atomic E-state index is 12.8. The van der Waals surface area contributed by atoms with Crippen LogP contribution in [-0.2, 0) is 6.54 Å². The van der Waals surface area contributed by atoms with Gasteiger partial charge in [0.25, 0.3) is 0 Å². The predicted molar refractivity (Wildman–Crippen MR) is 52.2 cm³/mol. The highest BCUT2D eigenvalue weighted by Crippen LogP contribution is 2.17. The van der Waals surface area contributed by atoms with Crippen molar-refractivity contribution in [3.8, 4) is 0 Å². The average molecular weight is 227 g/mol. The quantitative estimate of drug-likeness (QED) is 0.790. The number of rotatable bonds is 3. The van der Waals surface area contributed by atoms with Crippen LogP contribution < -0.4 is 5.32 Å². The summed E-state index contributed by atoms with van der Waals surface area (Å²) in [5.74, 6) is -3.90. The van der Waals surface area contributed by atoms with E-state index in [-0.39, 0.29) is 5.69 Å². The smallest absolute Gasteiger partial charge is 0.194 e. The monoisotopic (exact) mass is 227 g/mol. The van der Waals surface area contributed by atoms with E-state index in [1.165, 1.54) is 0 Å². The zero-order valence-electron chi connectivity index (χ0n) is 8.10. The fourth-order valence-electron chi connectivity index (χ4n) is 1.24. The number of nitrogens with one attached hydrogen (secondary N) is 2. The Labute approximate surface area is 89.3 Å². The summed E-state index contributed by atoms with van der Waals surface area (Å²) < 4.78 is 38.3. The van der Waals surface area contributed by atoms with Gasteiger partial charge in [0.15, 0.2) is 17.5 Å². The zero-order chi connectivity index (χ0) is 11.5. The first-order valence-electron chi connectivity index (χ1n) is 4.53. The van der Waals surface area contributed by atoms with Gasteiger partial charge in [0, 0.05) is 24.0 Å². The van der Waals surface area contributed by atoms with Crippen LogP contribution in [0.25, 0.3) is 0 Å². The Morgan fingerprint density at radius 3 is 2.44 bits per heavy atom. The lowest BCUT2D eigenvalue weighted by Crippen LogP contribution is -2.02. The number of hydrogen-bond donors (Lipinski definition) is 2. The van der Waals surface area contributed by atoms with Crippen LogP contribution in [-0.4, -0.2) is 10.2 Å². The van der Waals surface area contributed by atoms with Crippen molar-refractivity contribution < 1.29 is 13.2 Å². The van der Waals surface area contributed by atoms with E-state index in [0.29, 0.717) is 6.54 Å². The molecule has 0 aliphatic carbocycles. The number of halogens is 3. The molecule has 0 radical (unpaired) electrons. The minimum Gasteiger partial charge on any atom is -0.379 e. The summed E-state index contributed by atoms with van der Waals surface area (Å²) in [6.45, 7) is 0.324. The third-order valence-corrected chi connectivity index (χ3v) is 2.03. The summed E-state index contributed by atoms with van der Waals surface area (Å²) in [7, 11) is 0. The van der Waals surface area contributed by atoms with Gasteiger partial charge in [-0.15, -0.1) is 0 Å². The molecule has 1 aromatic heterocycles. The second-order valence-electron chi connectivity index (χ2n) is 3.19. The first kappa shape index (κ1) is 10.5. The number of aromatic amines is 1. The highest BCUT2D eigenvalue weighted by molar-refractivity contribution is 5.44. The summed E-state index contributed by atoms with van der Waals surface area (Å²) in [6.07, 6.45) is 1.56. The zero-order valence-corrected chi connectivity index (χ0v) is 8.10. The van der Waals surface area contributed by atoms with Crippen LogP contribution in [0.5, 0.6) is 0 Å². The SMILES string of the molecule is Fc1cc(NCc2ccn[nH]2)cc(F)c1F. The van der Waals surface area contributed by atoms with Gasteiger partial charge in [0.05, 0.1) is 12.2 Å². The lowest BCUT2D eigenvalue weighted by molar-refractivity contribution is 0.447. The normalized spacial score (nSPS) is 10.4. The van der Waals surface area contributed by atoms with Crippen LogP contribution in [0.1, 0.15) is 5.69 Å². The molecule has 0 aliphatic heterocycles. The molecular weight excluding hydrogens is 219 g/mol. The minimum atomic E-state index is -1.47. The molecule has 2 N–H and O–H groups in total. The lowest BCUT2D eigenvalue weighted by atomic mass is 10.2. The number of hydrogen-bond acceptors (Lipinski definition) is 2. The fourth-order valence-corrected chi connectivity index (χ4v) is 1.24. The maximum Gasteiger partial charge on any atom is 0.194 e. The van der Waals surface area contributed by atoms with Gasteiger partial charge in [0.1, 0.15) is 0 Å². The van der Waals surface area contributed by atoms with Crippen molar-refractivity contribution in [3.63, 3.8) is 0 Å². The highest BCUT2D eigenvalue weighted by Gasteiger charge is 2.10. The van der Waals surface area contributed by atoms with E-state index >= 15 is 0 Å². The molecule has 2 aromatic rings. The molecule has 0 bridgehead atoms. The van der Waals surface area contributed by atoms with Gasteiger partial charge in [-0.3, -0.25) is 5.10 Å². The second-order valence-corrected chi connectivity index (χ2v) is 3.19. The van der Waals surface area contributed by atoms with Crippen LogP contribution in [0, 0.1) is 17.5 Å². The highest BCUT2D eigenvalue weighted by atomic mass is 19.2. The van der Waals surface area contributed by atoms with Gasteiger partial charge in [-0.25, -0.2) is 13.2 Å². The molecule has 0 spiro atoms. The summed E-state index contributed by atoms with van der Waals surface area (Å²) >= 11 is 0. The fraction of sp³-hybridized carbons (Fsp3) is 0.100. The largest absolute Gasteiger partial charge is 0.379 e. The summed E-state index contributed by atoms with van der Waals surface area (Å²) in [4.78, 5) is 0. The van der Waals surface area contributed by atoms with Gasteiger partial charge in [0.2, 0.25) is 0 Å². The summed E-state index contributed by atoms with van der Waals surface area (Å²) in [5, 5.41) is 9.12. The standard InChI is InChI=1S/C10H8F3N3/c11-8-3-7(4-9(12)10(8)13)14-5-6-1-2-15-16-6/h1-4,14H,5H2,(H,15,16). The Balaban J connectivity index is 2.10. The second kappa shape index (κ2) is 4.26. The van der Waals surface area contributed by atoms with Crippen molar-refractivity contribution in [3.05, 3.63) is 47.5 Å². The lowest BCUT2D eigenvalue weighted by Gasteiger charge is -2.05. The van der Waals surface area contributed by atoms with Gasteiger partial charge < -0.3 is 5.32 Å². The third-order valence-electron chi connectivity index (χ3n) is 2.03. The average Bonchev–Trinajstić information content (AvgIpc) is 2.75. The molecule has 84 valence electrons. The number of nitrogens with zero attached hydrogens (tertiary/aromatic N) is 1. The molecule has 16 heavy (non-hydrogen) atoms. The molecular formula is C10H8F3N3. The predicted octanol–water partition coefficient (Wildman–Crippen LogP) is 2.44. The number of benzene rings is 1. The van der Waals surface area contributed by atoms with E-state index in [2.05, 4.69) is 15.5 Å². The first-order chi connectivity index (χ1) is 7.66. The molecule has 2 rings (SSSR count). The van der Waals surface area contributed by atoms with Gasteiger partial charge in [-0.1, -0.05) is 0 Å². The Hall–Kier alpha value is -1.98. The summed E-state index contributed by atoms with van der Waals surface area (Å²) in [5.41, 5.74) is 0.927. The van der Waals surface area contributed by atoms with Gasteiger partial charge in [-0.05, 0) is 6.07 Å². The molecule has 1 aromatic carbocycles. The van der Waals surface area contributed by atoms with Crippen molar-refractivity contribution in [2.75, 3.05) is 5.32 Å². The van der Waals surface area contributed by atoms with Crippen molar-refractivity contribution in [2.24, 2.45) is 0 Å². The Morgan fingerprint density at radius 2 is 1.88 bits per heavy atom. The number of aromatic nitrogens is 2. The molecule has 0 saturated carbocycles. The van der Waals surface area contributed by atoms with E-state index in [1.54, 1.807) is 12.3 Å². The minimum absolute atomic E-state index is 0.172. The van der Waals surface area contributed by atoms with Crippen LogP contribution in [0.2, 0.25) is 0 Å². The van der Waals surface area contributed by atoms with E-state index in [1.807, 2.05) is 0 Å². The Kier molecular flexibility index (Phi) is 2.80. The van der Waals surface area contributed by atoms with E-state index in [4.69, 9.17) is 0 Å². The molecule has 6 heteroatoms. The van der Waals surface area contributed by atoms with E-state index in [9.17, 15) is 13.2 Å². The Bertz CT molecular complexity index is 459. The molecule has 0 atom stereocenters.